The molecule has 0 aliphatic heterocycles. The highest BCUT2D eigenvalue weighted by Crippen LogP contribution is 2.48. The molecule has 1 aromatic carbocycles. The van der Waals surface area contributed by atoms with Crippen LogP contribution in [0, 0.1) is 6.92 Å². The van der Waals surface area contributed by atoms with Gasteiger partial charge in [0.05, 0.1) is 11.4 Å². The van der Waals surface area contributed by atoms with Crippen molar-refractivity contribution in [2.24, 2.45) is 0 Å². The molecular formula is C14H19O3P. The summed E-state index contributed by atoms with van der Waals surface area (Å²) in [5.74, 6) is 0. The number of hydrogen-bond acceptors (Lipinski definition) is 3. The molecule has 0 aromatic heterocycles. The normalized spacial score (nSPS) is 22.7. The maximum Gasteiger partial charge on any atom is 0.361 e. The Balaban J connectivity index is 2.16. The Kier molecular flexibility index (Phi) is 4.39. The second kappa shape index (κ2) is 5.83. The predicted molar refractivity (Wildman–Crippen MR) is 73.3 cm³/mol. The van der Waals surface area contributed by atoms with Crippen molar-refractivity contribution in [3.8, 4) is 0 Å². The van der Waals surface area contributed by atoms with Crippen LogP contribution in [0.1, 0.15) is 24.8 Å². The summed E-state index contributed by atoms with van der Waals surface area (Å²) in [5, 5.41) is 0.630. The lowest BCUT2D eigenvalue weighted by Gasteiger charge is -2.24. The van der Waals surface area contributed by atoms with Gasteiger partial charge >= 0.3 is 7.60 Å². The first kappa shape index (κ1) is 13.5. The Labute approximate surface area is 108 Å². The molecule has 2 atom stereocenters. The monoisotopic (exact) mass is 266 g/mol. The fourth-order valence-electron chi connectivity index (χ4n) is 1.99. The van der Waals surface area contributed by atoms with Gasteiger partial charge in [-0.15, -0.1) is 0 Å². The van der Waals surface area contributed by atoms with Crippen LogP contribution in [-0.4, -0.2) is 13.2 Å². The Bertz CT molecular complexity index is 464. The molecule has 1 aliphatic rings. The lowest BCUT2D eigenvalue weighted by Crippen LogP contribution is -2.18. The largest absolute Gasteiger partial charge is 0.361 e. The van der Waals surface area contributed by atoms with E-state index in [1.165, 1.54) is 7.11 Å². The summed E-state index contributed by atoms with van der Waals surface area (Å²) in [5.41, 5.74) is 1.13. The Morgan fingerprint density at radius 3 is 2.50 bits per heavy atom. The van der Waals surface area contributed by atoms with Crippen molar-refractivity contribution < 1.29 is 13.6 Å². The molecule has 0 N–H and O–H groups in total. The predicted octanol–water partition coefficient (Wildman–Crippen LogP) is 3.59. The molecule has 1 aromatic rings. The minimum Gasteiger partial charge on any atom is -0.309 e. The molecule has 0 bridgehead atoms. The van der Waals surface area contributed by atoms with Gasteiger partial charge in [0.25, 0.3) is 0 Å². The van der Waals surface area contributed by atoms with Crippen LogP contribution in [-0.2, 0) is 13.6 Å². The summed E-state index contributed by atoms with van der Waals surface area (Å²) in [6.07, 6.45) is 6.87. The number of rotatable bonds is 4. The molecule has 3 nitrogen and oxygen atoms in total. The van der Waals surface area contributed by atoms with E-state index < -0.39 is 7.60 Å². The summed E-state index contributed by atoms with van der Waals surface area (Å²) in [6.45, 7) is 1.99. The van der Waals surface area contributed by atoms with Gasteiger partial charge in [0.15, 0.2) is 0 Å². The van der Waals surface area contributed by atoms with E-state index in [-0.39, 0.29) is 6.10 Å². The molecule has 0 amide bonds. The SMILES string of the molecule is COP(=O)(OC1CC=CCC1)c1ccc(C)cc1. The van der Waals surface area contributed by atoms with Crippen LogP contribution in [0.5, 0.6) is 0 Å². The van der Waals surface area contributed by atoms with Crippen molar-refractivity contribution >= 4 is 12.9 Å². The van der Waals surface area contributed by atoms with Crippen molar-refractivity contribution in [3.05, 3.63) is 42.0 Å². The maximum atomic E-state index is 12.7. The van der Waals surface area contributed by atoms with E-state index in [4.69, 9.17) is 9.05 Å². The average Bonchev–Trinajstić information content (AvgIpc) is 2.40. The van der Waals surface area contributed by atoms with Crippen molar-refractivity contribution in [1.29, 1.82) is 0 Å². The Morgan fingerprint density at radius 2 is 1.94 bits per heavy atom. The quantitative estimate of drug-likeness (QED) is 0.617. The summed E-state index contributed by atoms with van der Waals surface area (Å²) in [7, 11) is -1.73. The smallest absolute Gasteiger partial charge is 0.309 e. The van der Waals surface area contributed by atoms with Gasteiger partial charge in [-0.25, -0.2) is 0 Å². The van der Waals surface area contributed by atoms with Gasteiger partial charge in [0.2, 0.25) is 0 Å². The first-order chi connectivity index (χ1) is 8.64. The van der Waals surface area contributed by atoms with Gasteiger partial charge in [-0.1, -0.05) is 29.8 Å². The minimum absolute atomic E-state index is 0.0120. The average molecular weight is 266 g/mol. The van der Waals surface area contributed by atoms with Crippen LogP contribution in [0.15, 0.2) is 36.4 Å². The van der Waals surface area contributed by atoms with Gasteiger partial charge < -0.3 is 9.05 Å². The highest BCUT2D eigenvalue weighted by atomic mass is 31.2. The zero-order valence-electron chi connectivity index (χ0n) is 10.8. The second-order valence-electron chi connectivity index (χ2n) is 4.53. The first-order valence-corrected chi connectivity index (χ1v) is 7.75. The molecule has 1 aliphatic carbocycles. The summed E-state index contributed by atoms with van der Waals surface area (Å²) in [6, 6.07) is 7.48. The molecule has 4 heteroatoms. The molecular weight excluding hydrogens is 247 g/mol. The molecule has 98 valence electrons. The van der Waals surface area contributed by atoms with Crippen molar-refractivity contribution in [3.63, 3.8) is 0 Å². The van der Waals surface area contributed by atoms with Crippen LogP contribution in [0.4, 0.5) is 0 Å². The van der Waals surface area contributed by atoms with Crippen LogP contribution < -0.4 is 5.30 Å². The van der Waals surface area contributed by atoms with E-state index in [0.29, 0.717) is 5.30 Å². The number of allylic oxidation sites excluding steroid dienone is 1. The highest BCUT2D eigenvalue weighted by molar-refractivity contribution is 7.62. The van der Waals surface area contributed by atoms with Crippen LogP contribution in [0.25, 0.3) is 0 Å². The molecule has 0 saturated heterocycles. The Morgan fingerprint density at radius 1 is 1.22 bits per heavy atom. The molecule has 0 fully saturated rings. The topological polar surface area (TPSA) is 35.5 Å². The summed E-state index contributed by atoms with van der Waals surface area (Å²) >= 11 is 0. The van der Waals surface area contributed by atoms with Gasteiger partial charge in [-0.2, -0.15) is 0 Å². The number of hydrogen-bond donors (Lipinski definition) is 0. The third kappa shape index (κ3) is 3.11. The van der Waals surface area contributed by atoms with E-state index in [1.54, 1.807) is 0 Å². The van der Waals surface area contributed by atoms with E-state index in [1.807, 2.05) is 31.2 Å². The van der Waals surface area contributed by atoms with Gasteiger partial charge in [0.1, 0.15) is 0 Å². The molecule has 0 spiro atoms. The van der Waals surface area contributed by atoms with Gasteiger partial charge in [-0.3, -0.25) is 4.57 Å². The van der Waals surface area contributed by atoms with Crippen LogP contribution in [0.2, 0.25) is 0 Å². The summed E-state index contributed by atoms with van der Waals surface area (Å²) < 4.78 is 23.6. The summed E-state index contributed by atoms with van der Waals surface area (Å²) in [4.78, 5) is 0. The van der Waals surface area contributed by atoms with Crippen LogP contribution >= 0.6 is 7.60 Å². The molecule has 2 rings (SSSR count). The highest BCUT2D eigenvalue weighted by Gasteiger charge is 2.30. The first-order valence-electron chi connectivity index (χ1n) is 6.20. The number of benzene rings is 1. The molecule has 0 radical (unpaired) electrons. The van der Waals surface area contributed by atoms with E-state index >= 15 is 0 Å². The van der Waals surface area contributed by atoms with Crippen molar-refractivity contribution in [2.45, 2.75) is 32.3 Å². The standard InChI is InChI=1S/C14H19O3P/c1-12-8-10-14(11-9-12)18(15,16-2)17-13-6-4-3-5-7-13/h3-4,8-11,13H,5-7H2,1-2H3. The zero-order chi connectivity index (χ0) is 13.0. The van der Waals surface area contributed by atoms with Crippen molar-refractivity contribution in [2.75, 3.05) is 7.11 Å². The lowest BCUT2D eigenvalue weighted by molar-refractivity contribution is 0.159. The van der Waals surface area contributed by atoms with Gasteiger partial charge in [0, 0.05) is 7.11 Å². The number of aryl methyl sites for hydroxylation is 1. The van der Waals surface area contributed by atoms with Crippen LogP contribution in [0.3, 0.4) is 0 Å². The minimum atomic E-state index is -3.17. The third-order valence-corrected chi connectivity index (χ3v) is 5.09. The molecule has 0 saturated carbocycles. The fourth-order valence-corrected chi connectivity index (χ4v) is 3.51. The lowest BCUT2D eigenvalue weighted by atomic mass is 10.1. The zero-order valence-corrected chi connectivity index (χ0v) is 11.7. The Hall–Kier alpha value is -0.890. The molecule has 2 unspecified atom stereocenters. The molecule has 0 heterocycles. The van der Waals surface area contributed by atoms with E-state index in [2.05, 4.69) is 12.2 Å². The van der Waals surface area contributed by atoms with E-state index in [9.17, 15) is 4.57 Å². The molecule has 18 heavy (non-hydrogen) atoms. The van der Waals surface area contributed by atoms with Crippen molar-refractivity contribution in [1.82, 2.24) is 0 Å². The maximum absolute atomic E-state index is 12.7. The van der Waals surface area contributed by atoms with Gasteiger partial charge in [-0.05, 0) is 38.3 Å². The third-order valence-electron chi connectivity index (χ3n) is 3.10. The fraction of sp³-hybridized carbons (Fsp3) is 0.429. The van der Waals surface area contributed by atoms with E-state index in [0.717, 1.165) is 24.8 Å². The second-order valence-corrected chi connectivity index (χ2v) is 6.61.